The van der Waals surface area contributed by atoms with Gasteiger partial charge in [-0.05, 0) is 25.5 Å². The van der Waals surface area contributed by atoms with Crippen LogP contribution in [0.2, 0.25) is 0 Å². The number of hydrogen-bond donors (Lipinski definition) is 0. The number of hydrogen-bond acceptors (Lipinski definition) is 2. The van der Waals surface area contributed by atoms with Crippen molar-refractivity contribution in [2.45, 2.75) is 36.1 Å². The number of rotatable bonds is 2. The van der Waals surface area contributed by atoms with Crippen molar-refractivity contribution in [1.82, 2.24) is 0 Å². The zero-order valence-electron chi connectivity index (χ0n) is 6.48. The van der Waals surface area contributed by atoms with Crippen LogP contribution in [0.25, 0.3) is 0 Å². The highest BCUT2D eigenvalue weighted by Crippen LogP contribution is 2.48. The molecule has 0 aliphatic heterocycles. The van der Waals surface area contributed by atoms with E-state index in [0.717, 1.165) is 12.8 Å². The lowest BCUT2D eigenvalue weighted by Crippen LogP contribution is -2.26. The Hall–Kier alpha value is 0.920. The molecule has 4 heteroatoms. The first kappa shape index (κ1) is 10.0. The van der Waals surface area contributed by atoms with Crippen molar-refractivity contribution in [2.24, 2.45) is 0 Å². The van der Waals surface area contributed by atoms with Crippen molar-refractivity contribution in [3.8, 4) is 0 Å². The van der Waals surface area contributed by atoms with Crippen LogP contribution < -0.4 is 0 Å². The fourth-order valence-electron chi connectivity index (χ4n) is 1.35. The van der Waals surface area contributed by atoms with Gasteiger partial charge in [-0.15, -0.1) is 11.6 Å². The molecule has 1 fully saturated rings. The van der Waals surface area contributed by atoms with Crippen molar-refractivity contribution >= 4 is 33.2 Å². The van der Waals surface area contributed by atoms with Crippen LogP contribution in [-0.4, -0.2) is 16.6 Å². The van der Waals surface area contributed by atoms with E-state index in [1.54, 1.807) is 21.6 Å². The molecule has 1 aliphatic rings. The topological polar surface area (TPSA) is 0 Å². The summed E-state index contributed by atoms with van der Waals surface area (Å²) in [6, 6.07) is 0. The molecule has 0 amide bonds. The van der Waals surface area contributed by atoms with Gasteiger partial charge in [0.25, 0.3) is 0 Å². The van der Waals surface area contributed by atoms with Crippen LogP contribution in [0.5, 0.6) is 0 Å². The average Bonchev–Trinajstić information content (AvgIpc) is 1.86. The van der Waals surface area contributed by atoms with E-state index in [1.807, 2.05) is 6.26 Å². The van der Waals surface area contributed by atoms with Crippen LogP contribution in [-0.2, 0) is 0 Å². The molecule has 1 aliphatic carbocycles. The normalized spacial score (nSPS) is 39.0. The molecule has 2 unspecified atom stereocenters. The molecule has 0 spiro atoms. The third-order valence-electron chi connectivity index (χ3n) is 1.83. The minimum Gasteiger partial charge on any atom is -0.247 e. The quantitative estimate of drug-likeness (QED) is 0.506. The van der Waals surface area contributed by atoms with Gasteiger partial charge in [0.2, 0.25) is 0 Å². The van der Waals surface area contributed by atoms with Crippen molar-refractivity contribution in [3.05, 3.63) is 0 Å². The van der Waals surface area contributed by atoms with Crippen molar-refractivity contribution in [2.75, 3.05) is 6.26 Å². The van der Waals surface area contributed by atoms with E-state index in [2.05, 4.69) is 0 Å². The van der Waals surface area contributed by atoms with Crippen LogP contribution in [0, 0.1) is 0 Å². The lowest BCUT2D eigenvalue weighted by Gasteiger charge is -2.31. The predicted molar refractivity (Wildman–Crippen MR) is 53.1 cm³/mol. The molecule has 0 radical (unpaired) electrons. The molecule has 1 rings (SSSR count). The van der Waals surface area contributed by atoms with Gasteiger partial charge in [0.1, 0.15) is 10.4 Å². The minimum absolute atomic E-state index is 0.322. The van der Waals surface area contributed by atoms with Crippen LogP contribution in [0.15, 0.2) is 0 Å². The zero-order chi connectivity index (χ0) is 8.32. The largest absolute Gasteiger partial charge is 0.247 e. The van der Waals surface area contributed by atoms with Gasteiger partial charge in [-0.2, -0.15) is 0 Å². The molecule has 0 bridgehead atoms. The molecule has 0 nitrogen and oxygen atoms in total. The molecule has 1 saturated carbocycles. The summed E-state index contributed by atoms with van der Waals surface area (Å²) in [4.78, 5) is 0. The number of halogens is 2. The second-order valence-corrected chi connectivity index (χ2v) is 6.56. The van der Waals surface area contributed by atoms with Crippen LogP contribution in [0.3, 0.4) is 0 Å². The van der Waals surface area contributed by atoms with Crippen LogP contribution in [0.1, 0.15) is 25.7 Å². The fraction of sp³-hybridized carbons (Fsp3) is 1.00. The summed E-state index contributed by atoms with van der Waals surface area (Å²) in [5, 5.41) is 0. The molecule has 11 heavy (non-hydrogen) atoms. The van der Waals surface area contributed by atoms with E-state index in [1.165, 1.54) is 0 Å². The van der Waals surface area contributed by atoms with Gasteiger partial charge >= 0.3 is 0 Å². The zero-order valence-corrected chi connectivity index (χ0v) is 8.87. The molecule has 0 saturated heterocycles. The monoisotopic (exact) mass is 214 g/mol. The first-order valence-electron chi connectivity index (χ1n) is 3.71. The molecule has 0 aromatic carbocycles. The summed E-state index contributed by atoms with van der Waals surface area (Å²) in [7, 11) is 3.23. The summed E-state index contributed by atoms with van der Waals surface area (Å²) in [6.45, 7) is 0. The predicted octanol–water partition coefficient (Wildman–Crippen LogP) is 3.84. The number of alkyl halides is 2. The van der Waals surface area contributed by atoms with Gasteiger partial charge in [0, 0.05) is 6.42 Å². The lowest BCUT2D eigenvalue weighted by atomic mass is 9.98. The molecule has 0 aromatic rings. The van der Waals surface area contributed by atoms with E-state index >= 15 is 0 Å². The Labute approximate surface area is 80.0 Å². The third-order valence-corrected chi connectivity index (χ3v) is 4.97. The van der Waals surface area contributed by atoms with Gasteiger partial charge in [-0.25, -0.2) is 4.39 Å². The second kappa shape index (κ2) is 4.24. The van der Waals surface area contributed by atoms with E-state index < -0.39 is 6.17 Å². The lowest BCUT2D eigenvalue weighted by molar-refractivity contribution is 0.246. The summed E-state index contributed by atoms with van der Waals surface area (Å²) in [6.07, 6.45) is 4.39. The molecular weight excluding hydrogens is 203 g/mol. The smallest absolute Gasteiger partial charge is 0.103 e. The first-order valence-corrected chi connectivity index (χ1v) is 6.65. The minimum atomic E-state index is -0.680. The van der Waals surface area contributed by atoms with Gasteiger partial charge in [0.05, 0.1) is 0 Å². The van der Waals surface area contributed by atoms with E-state index in [-0.39, 0.29) is 4.21 Å². The highest BCUT2D eigenvalue weighted by molar-refractivity contribution is 8.77. The average molecular weight is 215 g/mol. The molecule has 0 heterocycles. The van der Waals surface area contributed by atoms with E-state index in [9.17, 15) is 4.39 Å². The molecular formula is C7H12ClFS2. The van der Waals surface area contributed by atoms with E-state index in [0.29, 0.717) is 12.8 Å². The Bertz CT molecular complexity index is 130. The Kier molecular flexibility index (Phi) is 3.86. The Morgan fingerprint density at radius 2 is 2.36 bits per heavy atom. The Morgan fingerprint density at radius 1 is 1.64 bits per heavy atom. The van der Waals surface area contributed by atoms with Crippen molar-refractivity contribution in [3.63, 3.8) is 0 Å². The van der Waals surface area contributed by atoms with Gasteiger partial charge in [0.15, 0.2) is 0 Å². The van der Waals surface area contributed by atoms with E-state index in [4.69, 9.17) is 11.6 Å². The molecule has 0 N–H and O–H groups in total. The maximum absolute atomic E-state index is 12.9. The van der Waals surface area contributed by atoms with Crippen LogP contribution >= 0.6 is 33.2 Å². The van der Waals surface area contributed by atoms with Crippen molar-refractivity contribution < 1.29 is 4.39 Å². The van der Waals surface area contributed by atoms with Gasteiger partial charge < -0.3 is 0 Å². The van der Waals surface area contributed by atoms with Crippen molar-refractivity contribution in [1.29, 1.82) is 0 Å². The summed E-state index contributed by atoms with van der Waals surface area (Å²) in [5.41, 5.74) is 0. The summed E-state index contributed by atoms with van der Waals surface area (Å²) in [5.74, 6) is 0. The third kappa shape index (κ3) is 3.03. The maximum Gasteiger partial charge on any atom is 0.103 e. The Morgan fingerprint density at radius 3 is 2.91 bits per heavy atom. The molecule has 2 atom stereocenters. The summed E-state index contributed by atoms with van der Waals surface area (Å²) >= 11 is 6.17. The van der Waals surface area contributed by atoms with Gasteiger partial charge in [-0.1, -0.05) is 21.6 Å². The molecule has 66 valence electrons. The Balaban J connectivity index is 2.41. The fourth-order valence-corrected chi connectivity index (χ4v) is 4.34. The van der Waals surface area contributed by atoms with Gasteiger partial charge in [-0.3, -0.25) is 0 Å². The first-order chi connectivity index (χ1) is 5.16. The second-order valence-electron chi connectivity index (χ2n) is 2.83. The maximum atomic E-state index is 12.9. The van der Waals surface area contributed by atoms with Crippen LogP contribution in [0.4, 0.5) is 4.39 Å². The highest BCUT2D eigenvalue weighted by Gasteiger charge is 2.35. The molecule has 0 aromatic heterocycles. The summed E-state index contributed by atoms with van der Waals surface area (Å²) < 4.78 is 12.6. The standard InChI is InChI=1S/C7H12ClFS2/c1-10-11-7(8)4-2-3-6(9)5-7/h6H,2-5H2,1H3. The highest BCUT2D eigenvalue weighted by atomic mass is 35.5. The SMILES string of the molecule is CSSC1(Cl)CCCC(F)C1.